The molecule has 2 heterocycles. The SMILES string of the molecule is NC(=O)[C@H]1CCCN1C(=O)Cn1ccc2ccc(OCc3ccccc3)cc21. The highest BCUT2D eigenvalue weighted by atomic mass is 16.5. The number of carbonyl (C=O) groups excluding carboxylic acids is 2. The van der Waals surface area contributed by atoms with Crippen molar-refractivity contribution in [3.63, 3.8) is 0 Å². The van der Waals surface area contributed by atoms with Crippen molar-refractivity contribution in [3.05, 3.63) is 66.4 Å². The van der Waals surface area contributed by atoms with Crippen LogP contribution in [0, 0.1) is 0 Å². The van der Waals surface area contributed by atoms with Crippen LogP contribution in [0.4, 0.5) is 0 Å². The fraction of sp³-hybridized carbons (Fsp3) is 0.273. The molecule has 0 radical (unpaired) electrons. The number of carbonyl (C=O) groups is 2. The Labute approximate surface area is 163 Å². The summed E-state index contributed by atoms with van der Waals surface area (Å²) in [7, 11) is 0. The summed E-state index contributed by atoms with van der Waals surface area (Å²) in [6.07, 6.45) is 3.34. The zero-order chi connectivity index (χ0) is 19.5. The predicted octanol–water partition coefficient (Wildman–Crippen LogP) is 2.70. The Morgan fingerprint density at radius 2 is 1.93 bits per heavy atom. The van der Waals surface area contributed by atoms with Crippen molar-refractivity contribution < 1.29 is 14.3 Å². The first kappa shape index (κ1) is 18.1. The van der Waals surface area contributed by atoms with E-state index in [1.54, 1.807) is 4.90 Å². The number of primary amides is 1. The lowest BCUT2D eigenvalue weighted by molar-refractivity contribution is -0.137. The van der Waals surface area contributed by atoms with Crippen LogP contribution in [0.1, 0.15) is 18.4 Å². The first-order chi connectivity index (χ1) is 13.6. The minimum absolute atomic E-state index is 0.0885. The lowest BCUT2D eigenvalue weighted by Gasteiger charge is -2.22. The van der Waals surface area contributed by atoms with Crippen molar-refractivity contribution in [2.24, 2.45) is 5.73 Å². The number of fused-ring (bicyclic) bond motifs is 1. The highest BCUT2D eigenvalue weighted by molar-refractivity contribution is 5.88. The van der Waals surface area contributed by atoms with Gasteiger partial charge in [0.25, 0.3) is 0 Å². The Kier molecular flexibility index (Phi) is 5.02. The number of hydrogen-bond acceptors (Lipinski definition) is 3. The number of aromatic nitrogens is 1. The molecule has 0 unspecified atom stereocenters. The molecule has 1 aliphatic rings. The molecule has 6 heteroatoms. The van der Waals surface area contributed by atoms with E-state index >= 15 is 0 Å². The summed E-state index contributed by atoms with van der Waals surface area (Å²) in [5.74, 6) is 0.231. The molecule has 0 saturated carbocycles. The van der Waals surface area contributed by atoms with Crippen LogP contribution in [-0.4, -0.2) is 33.9 Å². The third-order valence-electron chi connectivity index (χ3n) is 5.20. The van der Waals surface area contributed by atoms with Crippen LogP contribution in [0.2, 0.25) is 0 Å². The first-order valence-electron chi connectivity index (χ1n) is 9.46. The van der Waals surface area contributed by atoms with Crippen LogP contribution in [0.3, 0.4) is 0 Å². The van der Waals surface area contributed by atoms with Crippen molar-refractivity contribution in [2.75, 3.05) is 6.54 Å². The summed E-state index contributed by atoms with van der Waals surface area (Å²) in [5, 5.41) is 1.03. The molecule has 1 aliphatic heterocycles. The Morgan fingerprint density at radius 3 is 2.71 bits per heavy atom. The number of amides is 2. The van der Waals surface area contributed by atoms with E-state index in [9.17, 15) is 9.59 Å². The minimum atomic E-state index is -0.487. The maximum atomic E-state index is 12.7. The van der Waals surface area contributed by atoms with Crippen molar-refractivity contribution >= 4 is 22.7 Å². The fourth-order valence-corrected chi connectivity index (χ4v) is 3.73. The van der Waals surface area contributed by atoms with E-state index in [1.165, 1.54) is 0 Å². The zero-order valence-electron chi connectivity index (χ0n) is 15.6. The minimum Gasteiger partial charge on any atom is -0.489 e. The van der Waals surface area contributed by atoms with Gasteiger partial charge < -0.3 is 19.9 Å². The van der Waals surface area contributed by atoms with Gasteiger partial charge in [0, 0.05) is 18.8 Å². The van der Waals surface area contributed by atoms with E-state index in [0.29, 0.717) is 19.6 Å². The third-order valence-corrected chi connectivity index (χ3v) is 5.20. The lowest BCUT2D eigenvalue weighted by Crippen LogP contribution is -2.44. The summed E-state index contributed by atoms with van der Waals surface area (Å²) in [6, 6.07) is 17.3. The van der Waals surface area contributed by atoms with Gasteiger partial charge in [0.1, 0.15) is 24.9 Å². The van der Waals surface area contributed by atoms with Crippen LogP contribution in [0.5, 0.6) is 5.75 Å². The maximum absolute atomic E-state index is 12.7. The number of nitrogens with two attached hydrogens (primary N) is 1. The van der Waals surface area contributed by atoms with E-state index in [-0.39, 0.29) is 12.5 Å². The number of nitrogens with zero attached hydrogens (tertiary/aromatic N) is 2. The predicted molar refractivity (Wildman–Crippen MR) is 107 cm³/mol. The third kappa shape index (κ3) is 3.71. The molecule has 28 heavy (non-hydrogen) atoms. The highest BCUT2D eigenvalue weighted by Crippen LogP contribution is 2.24. The summed E-state index contributed by atoms with van der Waals surface area (Å²) >= 11 is 0. The standard InChI is InChI=1S/C22H23N3O3/c23-22(27)19-7-4-11-25(19)21(26)14-24-12-10-17-8-9-18(13-20(17)24)28-15-16-5-2-1-3-6-16/h1-3,5-6,8-10,12-13,19H,4,7,11,14-15H2,(H2,23,27)/t19-/m1/s1. The van der Waals surface area contributed by atoms with Crippen molar-refractivity contribution in [1.29, 1.82) is 0 Å². The molecule has 2 aromatic carbocycles. The van der Waals surface area contributed by atoms with E-state index in [1.807, 2.05) is 65.4 Å². The molecule has 1 saturated heterocycles. The maximum Gasteiger partial charge on any atom is 0.243 e. The molecule has 6 nitrogen and oxygen atoms in total. The van der Waals surface area contributed by atoms with E-state index in [0.717, 1.165) is 28.6 Å². The summed E-state index contributed by atoms with van der Waals surface area (Å²) in [6.45, 7) is 1.24. The second-order valence-corrected chi connectivity index (χ2v) is 7.09. The van der Waals surface area contributed by atoms with Gasteiger partial charge in [-0.15, -0.1) is 0 Å². The van der Waals surface area contributed by atoms with Gasteiger partial charge in [-0.25, -0.2) is 0 Å². The number of hydrogen-bond donors (Lipinski definition) is 1. The fourth-order valence-electron chi connectivity index (χ4n) is 3.73. The lowest BCUT2D eigenvalue weighted by atomic mass is 10.2. The van der Waals surface area contributed by atoms with Gasteiger partial charge >= 0.3 is 0 Å². The molecule has 1 aromatic heterocycles. The normalized spacial score (nSPS) is 16.4. The van der Waals surface area contributed by atoms with Gasteiger partial charge in [0.2, 0.25) is 11.8 Å². The van der Waals surface area contributed by atoms with Gasteiger partial charge in [-0.05, 0) is 42.0 Å². The first-order valence-corrected chi connectivity index (χ1v) is 9.46. The molecule has 4 rings (SSSR count). The average molecular weight is 377 g/mol. The topological polar surface area (TPSA) is 77.6 Å². The van der Waals surface area contributed by atoms with Crippen molar-refractivity contribution in [3.8, 4) is 5.75 Å². The molecule has 3 aromatic rings. The van der Waals surface area contributed by atoms with Crippen molar-refractivity contribution in [2.45, 2.75) is 32.0 Å². The molecular weight excluding hydrogens is 354 g/mol. The number of ether oxygens (including phenoxy) is 1. The molecule has 2 N–H and O–H groups in total. The molecular formula is C22H23N3O3. The van der Waals surface area contributed by atoms with Crippen LogP contribution >= 0.6 is 0 Å². The van der Waals surface area contributed by atoms with Crippen LogP contribution in [-0.2, 0) is 22.7 Å². The number of rotatable bonds is 6. The zero-order valence-corrected chi connectivity index (χ0v) is 15.6. The molecule has 1 fully saturated rings. The largest absolute Gasteiger partial charge is 0.489 e. The van der Waals surface area contributed by atoms with Gasteiger partial charge in [-0.3, -0.25) is 9.59 Å². The van der Waals surface area contributed by atoms with E-state index < -0.39 is 11.9 Å². The molecule has 1 atom stereocenters. The average Bonchev–Trinajstić information content (AvgIpc) is 3.35. The van der Waals surface area contributed by atoms with Crippen LogP contribution in [0.15, 0.2) is 60.8 Å². The highest BCUT2D eigenvalue weighted by Gasteiger charge is 2.32. The smallest absolute Gasteiger partial charge is 0.243 e. The van der Waals surface area contributed by atoms with E-state index in [2.05, 4.69) is 0 Å². The second-order valence-electron chi connectivity index (χ2n) is 7.09. The Balaban J connectivity index is 1.50. The molecule has 0 bridgehead atoms. The van der Waals surface area contributed by atoms with Crippen LogP contribution < -0.4 is 10.5 Å². The van der Waals surface area contributed by atoms with Crippen LogP contribution in [0.25, 0.3) is 10.9 Å². The van der Waals surface area contributed by atoms with Gasteiger partial charge in [0.15, 0.2) is 0 Å². The quantitative estimate of drug-likeness (QED) is 0.717. The number of benzene rings is 2. The molecule has 2 amide bonds. The van der Waals surface area contributed by atoms with Crippen molar-refractivity contribution in [1.82, 2.24) is 9.47 Å². The Bertz CT molecular complexity index is 997. The molecule has 0 aliphatic carbocycles. The van der Waals surface area contributed by atoms with E-state index in [4.69, 9.17) is 10.5 Å². The van der Waals surface area contributed by atoms with Gasteiger partial charge in [-0.2, -0.15) is 0 Å². The Hall–Kier alpha value is -3.28. The second kappa shape index (κ2) is 7.76. The molecule has 144 valence electrons. The molecule has 0 spiro atoms. The Morgan fingerprint density at radius 1 is 1.11 bits per heavy atom. The summed E-state index contributed by atoms with van der Waals surface area (Å²) < 4.78 is 7.80. The monoisotopic (exact) mass is 377 g/mol. The number of likely N-dealkylation sites (tertiary alicyclic amines) is 1. The summed E-state index contributed by atoms with van der Waals surface area (Å²) in [5.41, 5.74) is 7.46. The summed E-state index contributed by atoms with van der Waals surface area (Å²) in [4.78, 5) is 25.9. The van der Waals surface area contributed by atoms with Gasteiger partial charge in [0.05, 0.1) is 5.52 Å². The van der Waals surface area contributed by atoms with Gasteiger partial charge in [-0.1, -0.05) is 30.3 Å².